The van der Waals surface area contributed by atoms with Gasteiger partial charge in [-0.3, -0.25) is 0 Å². The third kappa shape index (κ3) is 8.07. The van der Waals surface area contributed by atoms with E-state index in [9.17, 15) is 0 Å². The van der Waals surface area contributed by atoms with Gasteiger partial charge in [0, 0.05) is 48.3 Å². The lowest BCUT2D eigenvalue weighted by atomic mass is 9.85. The Hall–Kier alpha value is -4.46. The first-order chi connectivity index (χ1) is 26.1. The van der Waals surface area contributed by atoms with Crippen LogP contribution in [-0.4, -0.2) is 42.5 Å². The van der Waals surface area contributed by atoms with Gasteiger partial charge in [-0.2, -0.15) is 4.98 Å². The van der Waals surface area contributed by atoms with Gasteiger partial charge in [0.2, 0.25) is 11.8 Å². The van der Waals surface area contributed by atoms with Gasteiger partial charge in [0.15, 0.2) is 10.3 Å². The number of anilines is 2. The summed E-state index contributed by atoms with van der Waals surface area (Å²) in [4.78, 5) is 29.9. The molecule has 2 N–H and O–H groups in total. The molecule has 2 aromatic carbocycles. The highest BCUT2D eigenvalue weighted by Crippen LogP contribution is 2.37. The lowest BCUT2D eigenvalue weighted by Crippen LogP contribution is -2.27. The Balaban J connectivity index is 0.853. The number of hydrogen-bond acceptors (Lipinski definition) is 13. The van der Waals surface area contributed by atoms with E-state index in [1.165, 1.54) is 64.2 Å². The summed E-state index contributed by atoms with van der Waals surface area (Å²) >= 11 is 4.92. The number of aromatic nitrogens is 6. The van der Waals surface area contributed by atoms with Crippen molar-refractivity contribution in [3.05, 3.63) is 71.8 Å². The summed E-state index contributed by atoms with van der Waals surface area (Å²) in [7, 11) is 0. The molecule has 5 heterocycles. The number of rotatable bonds is 12. The molecule has 0 bridgehead atoms. The SMILES string of the molecule is C[C@H](Nc1nc2ccc(Oc3ccnc(Cc4cc5c(Oc6ccc7nc(NCC8CCCCC8)sc7c6)ncnc5s4)n3)cc2s1)C1CCCCC1. The Kier molecular flexibility index (Phi) is 10.0. The zero-order valence-corrected chi connectivity index (χ0v) is 32.2. The van der Waals surface area contributed by atoms with Gasteiger partial charge in [0.25, 0.3) is 0 Å². The number of nitrogens with zero attached hydrogens (tertiary/aromatic N) is 6. The molecule has 9 rings (SSSR count). The Morgan fingerprint density at radius 3 is 2.25 bits per heavy atom. The van der Waals surface area contributed by atoms with Crippen LogP contribution in [0.15, 0.2) is 61.1 Å². The average Bonchev–Trinajstić information content (AvgIpc) is 3.91. The minimum absolute atomic E-state index is 0.420. The van der Waals surface area contributed by atoms with E-state index in [-0.39, 0.29) is 0 Å². The van der Waals surface area contributed by atoms with Gasteiger partial charge in [-0.1, -0.05) is 61.2 Å². The van der Waals surface area contributed by atoms with Crippen LogP contribution in [0, 0.1) is 11.8 Å². The van der Waals surface area contributed by atoms with Crippen molar-refractivity contribution < 1.29 is 9.47 Å². The summed E-state index contributed by atoms with van der Waals surface area (Å²) in [6, 6.07) is 16.3. The largest absolute Gasteiger partial charge is 0.439 e. The number of benzene rings is 2. The molecule has 0 saturated heterocycles. The van der Waals surface area contributed by atoms with Crippen LogP contribution in [0.3, 0.4) is 0 Å². The number of thiazole rings is 2. The number of nitrogens with one attached hydrogen (secondary N) is 2. The molecule has 2 saturated carbocycles. The molecule has 53 heavy (non-hydrogen) atoms. The van der Waals surface area contributed by atoms with E-state index in [2.05, 4.69) is 38.6 Å². The summed E-state index contributed by atoms with van der Waals surface area (Å²) in [6.07, 6.45) is 17.1. The standard InChI is InChI=1S/C40H42N8O2S3/c1-24(26-10-6-3-7-11-26)45-40-47-32-14-12-27(18-34(32)53-40)49-36-16-17-41-35(48-36)21-29-20-30-37(43-23-44-38(30)51-29)50-28-13-15-31-33(19-28)52-39(46-31)42-22-25-8-4-2-5-9-25/h12-20,23-26H,2-11,21-22H2,1H3,(H,42,46)(H,45,47)/t24-/m0/s1. The van der Waals surface area contributed by atoms with E-state index in [1.807, 2.05) is 36.4 Å². The summed E-state index contributed by atoms with van der Waals surface area (Å²) in [5.41, 5.74) is 1.94. The van der Waals surface area contributed by atoms with Crippen molar-refractivity contribution in [3.63, 3.8) is 0 Å². The van der Waals surface area contributed by atoms with Crippen LogP contribution in [0.1, 0.15) is 81.8 Å². The van der Waals surface area contributed by atoms with Crippen molar-refractivity contribution in [2.24, 2.45) is 11.8 Å². The van der Waals surface area contributed by atoms with E-state index >= 15 is 0 Å². The lowest BCUT2D eigenvalue weighted by Gasteiger charge is -2.28. The van der Waals surface area contributed by atoms with E-state index in [1.54, 1.807) is 52.6 Å². The molecule has 0 unspecified atom stereocenters. The molecule has 5 aromatic heterocycles. The number of hydrogen-bond donors (Lipinski definition) is 2. The second-order valence-corrected chi connectivity index (χ2v) is 17.5. The maximum atomic E-state index is 6.35. The first-order valence-corrected chi connectivity index (χ1v) is 21.3. The van der Waals surface area contributed by atoms with Crippen LogP contribution in [0.4, 0.5) is 10.3 Å². The summed E-state index contributed by atoms with van der Waals surface area (Å²) in [5.74, 6) is 4.59. The molecule has 0 spiro atoms. The fourth-order valence-corrected chi connectivity index (χ4v) is 10.5. The molecule has 0 amide bonds. The predicted molar refractivity (Wildman–Crippen MR) is 216 cm³/mol. The third-order valence-electron chi connectivity index (χ3n) is 10.5. The summed E-state index contributed by atoms with van der Waals surface area (Å²) in [5, 5.41) is 10.0. The number of thiophene rings is 1. The summed E-state index contributed by atoms with van der Waals surface area (Å²) in [6.45, 7) is 3.28. The molecule has 2 aliphatic carbocycles. The second kappa shape index (κ2) is 15.5. The lowest BCUT2D eigenvalue weighted by molar-refractivity contribution is 0.328. The summed E-state index contributed by atoms with van der Waals surface area (Å²) < 4.78 is 14.7. The molecule has 0 radical (unpaired) electrons. The van der Waals surface area contributed by atoms with E-state index < -0.39 is 0 Å². The zero-order chi connectivity index (χ0) is 35.6. The fourth-order valence-electron chi connectivity index (χ4n) is 7.61. The van der Waals surface area contributed by atoms with Crippen LogP contribution < -0.4 is 20.1 Å². The molecule has 7 aromatic rings. The van der Waals surface area contributed by atoms with Gasteiger partial charge >= 0.3 is 0 Å². The van der Waals surface area contributed by atoms with Crippen LogP contribution >= 0.6 is 34.0 Å². The quantitative estimate of drug-likeness (QED) is 0.124. The van der Waals surface area contributed by atoms with Gasteiger partial charge in [0.05, 0.1) is 25.8 Å². The average molecular weight is 763 g/mol. The van der Waals surface area contributed by atoms with Gasteiger partial charge in [-0.05, 0) is 74.8 Å². The number of fused-ring (bicyclic) bond motifs is 3. The highest BCUT2D eigenvalue weighted by atomic mass is 32.1. The first-order valence-electron chi connectivity index (χ1n) is 18.8. The van der Waals surface area contributed by atoms with Crippen molar-refractivity contribution >= 4 is 74.9 Å². The van der Waals surface area contributed by atoms with Gasteiger partial charge in [-0.15, -0.1) is 11.3 Å². The van der Waals surface area contributed by atoms with Crippen molar-refractivity contribution in [2.45, 2.75) is 83.6 Å². The molecule has 13 heteroatoms. The normalized spacial score (nSPS) is 16.3. The van der Waals surface area contributed by atoms with Crippen molar-refractivity contribution in [1.29, 1.82) is 0 Å². The molecule has 1 atom stereocenters. The van der Waals surface area contributed by atoms with E-state index in [0.29, 0.717) is 30.0 Å². The minimum Gasteiger partial charge on any atom is -0.439 e. The maximum Gasteiger partial charge on any atom is 0.231 e. The van der Waals surface area contributed by atoms with Crippen molar-refractivity contribution in [3.8, 4) is 23.3 Å². The molecular formula is C40H42N8O2S3. The second-order valence-electron chi connectivity index (χ2n) is 14.3. The molecule has 2 aliphatic rings. The monoisotopic (exact) mass is 762 g/mol. The predicted octanol–water partition coefficient (Wildman–Crippen LogP) is 11.2. The topological polar surface area (TPSA) is 120 Å². The van der Waals surface area contributed by atoms with Crippen LogP contribution in [0.25, 0.3) is 30.6 Å². The highest BCUT2D eigenvalue weighted by molar-refractivity contribution is 7.22. The fraction of sp³-hybridized carbons (Fsp3) is 0.400. The molecule has 10 nitrogen and oxygen atoms in total. The first kappa shape index (κ1) is 34.3. The van der Waals surface area contributed by atoms with Gasteiger partial charge in [-0.25, -0.2) is 24.9 Å². The molecule has 2 fully saturated rings. The Bertz CT molecular complexity index is 2340. The zero-order valence-electron chi connectivity index (χ0n) is 29.7. The van der Waals surface area contributed by atoms with Crippen molar-refractivity contribution in [2.75, 3.05) is 17.2 Å². The molecule has 272 valence electrons. The molecular weight excluding hydrogens is 721 g/mol. The van der Waals surface area contributed by atoms with Crippen LogP contribution in [0.2, 0.25) is 0 Å². The van der Waals surface area contributed by atoms with Crippen molar-refractivity contribution in [1.82, 2.24) is 29.9 Å². The Morgan fingerprint density at radius 1 is 0.736 bits per heavy atom. The smallest absolute Gasteiger partial charge is 0.231 e. The number of ether oxygens (including phenoxy) is 2. The maximum absolute atomic E-state index is 6.35. The van der Waals surface area contributed by atoms with Crippen LogP contribution in [-0.2, 0) is 6.42 Å². The Labute approximate surface area is 320 Å². The highest BCUT2D eigenvalue weighted by Gasteiger charge is 2.21. The third-order valence-corrected chi connectivity index (χ3v) is 13.5. The molecule has 0 aliphatic heterocycles. The minimum atomic E-state index is 0.420. The van der Waals surface area contributed by atoms with Gasteiger partial charge in [0.1, 0.15) is 28.5 Å². The Morgan fingerprint density at radius 2 is 1.45 bits per heavy atom. The van der Waals surface area contributed by atoms with Crippen LogP contribution in [0.5, 0.6) is 23.3 Å². The van der Waals surface area contributed by atoms with E-state index in [0.717, 1.165) is 75.7 Å². The van der Waals surface area contributed by atoms with Gasteiger partial charge < -0.3 is 20.1 Å². The van der Waals surface area contributed by atoms with E-state index in [4.69, 9.17) is 24.4 Å².